The van der Waals surface area contributed by atoms with Gasteiger partial charge in [0.25, 0.3) is 0 Å². The molecule has 0 aliphatic heterocycles. The molecule has 0 N–H and O–H groups in total. The van der Waals surface area contributed by atoms with E-state index in [9.17, 15) is 30.4 Å². The van der Waals surface area contributed by atoms with Crippen molar-refractivity contribution < 1.29 is 30.4 Å². The standard InChI is InChI=1S/CF3NO4S2/c2-1(3,4)11(8,9)5-10(6)7/q-1. The Morgan fingerprint density at radius 2 is 1.64 bits per heavy atom. The zero-order valence-electron chi connectivity index (χ0n) is 4.53. The molecule has 0 saturated carbocycles. The van der Waals surface area contributed by atoms with Crippen molar-refractivity contribution in [2.45, 2.75) is 5.51 Å². The zero-order chi connectivity index (χ0) is 9.28. The summed E-state index contributed by atoms with van der Waals surface area (Å²) in [6.07, 6.45) is 0. The summed E-state index contributed by atoms with van der Waals surface area (Å²) >= 11 is 0. The second kappa shape index (κ2) is 2.95. The first-order valence-electron chi connectivity index (χ1n) is 1.80. The third kappa shape index (κ3) is 3.03. The van der Waals surface area contributed by atoms with Gasteiger partial charge in [-0.3, -0.25) is 0 Å². The molecular formula is CF3NO4S2-. The Hall–Kier alpha value is -0.350. The largest absolute Gasteiger partial charge is 0.516 e. The van der Waals surface area contributed by atoms with Crippen LogP contribution in [0.3, 0.4) is 0 Å². The number of nitrogens with zero attached hydrogens (tertiary/aromatic N) is 1. The average molecular weight is 211 g/mol. The van der Waals surface area contributed by atoms with Gasteiger partial charge in [0.1, 0.15) is 0 Å². The molecule has 67 valence electrons. The van der Waals surface area contributed by atoms with Crippen LogP contribution in [0.4, 0.5) is 13.2 Å². The molecule has 0 amide bonds. The monoisotopic (exact) mass is 211 g/mol. The van der Waals surface area contributed by atoms with Crippen LogP contribution in [0.2, 0.25) is 0 Å². The Morgan fingerprint density at radius 1 is 1.27 bits per heavy atom. The van der Waals surface area contributed by atoms with Gasteiger partial charge in [-0.25, -0.2) is 3.77 Å². The maximum absolute atomic E-state index is 11.2. The van der Waals surface area contributed by atoms with E-state index in [1.54, 1.807) is 0 Å². The van der Waals surface area contributed by atoms with Crippen molar-refractivity contribution in [2.24, 2.45) is 3.77 Å². The lowest BCUT2D eigenvalue weighted by Crippen LogP contribution is -2.20. The summed E-state index contributed by atoms with van der Waals surface area (Å²) in [7, 11) is -9.50. The van der Waals surface area contributed by atoms with Crippen molar-refractivity contribution >= 4 is 20.9 Å². The van der Waals surface area contributed by atoms with Crippen molar-refractivity contribution in [1.82, 2.24) is 0 Å². The van der Waals surface area contributed by atoms with E-state index in [1.807, 2.05) is 0 Å². The third-order valence-electron chi connectivity index (χ3n) is 0.451. The summed E-state index contributed by atoms with van der Waals surface area (Å²) in [6, 6.07) is 0. The first kappa shape index (κ1) is 10.7. The molecule has 0 aromatic heterocycles. The van der Waals surface area contributed by atoms with Crippen LogP contribution in [0.1, 0.15) is 0 Å². The van der Waals surface area contributed by atoms with E-state index in [-0.39, 0.29) is 0 Å². The molecule has 1 radical (unpaired) electrons. The Bertz CT molecular complexity index is 307. The smallest absolute Gasteiger partial charge is 0.414 e. The highest BCUT2D eigenvalue weighted by atomic mass is 32.3. The second-order valence-electron chi connectivity index (χ2n) is 1.21. The van der Waals surface area contributed by atoms with E-state index >= 15 is 0 Å². The highest BCUT2D eigenvalue weighted by Crippen LogP contribution is 2.24. The molecule has 0 bridgehead atoms. The Labute approximate surface area is 61.3 Å². The van der Waals surface area contributed by atoms with Gasteiger partial charge in [0.2, 0.25) is 0 Å². The summed E-state index contributed by atoms with van der Waals surface area (Å²) in [4.78, 5) is 0. The quantitative estimate of drug-likeness (QED) is 0.586. The minimum atomic E-state index is -5.88. The van der Waals surface area contributed by atoms with Gasteiger partial charge in [0, 0.05) is 0 Å². The number of hydrogen-bond donors (Lipinski definition) is 0. The number of rotatable bonds is 1. The van der Waals surface area contributed by atoms with Crippen molar-refractivity contribution in [3.05, 3.63) is 0 Å². The maximum atomic E-state index is 11.2. The van der Waals surface area contributed by atoms with E-state index in [0.717, 1.165) is 0 Å². The lowest BCUT2D eigenvalue weighted by molar-refractivity contribution is -0.0435. The van der Waals surface area contributed by atoms with Gasteiger partial charge in [-0.05, 0) is 10.9 Å². The Balaban J connectivity index is 5.12. The zero-order valence-corrected chi connectivity index (χ0v) is 6.16. The van der Waals surface area contributed by atoms with Crippen molar-refractivity contribution in [2.75, 3.05) is 0 Å². The summed E-state index contributed by atoms with van der Waals surface area (Å²) in [6.45, 7) is 0. The molecule has 10 heteroatoms. The van der Waals surface area contributed by atoms with Crippen LogP contribution in [0.5, 0.6) is 0 Å². The second-order valence-corrected chi connectivity index (χ2v) is 3.66. The SMILES string of the molecule is [O]/[S-](=O)=N\S(=O)(=O)C(F)(F)F. The molecule has 0 aromatic carbocycles. The summed E-state index contributed by atoms with van der Waals surface area (Å²) in [5.74, 6) is 0. The fraction of sp³-hybridized carbons (Fsp3) is 1.00. The predicted octanol–water partition coefficient (Wildman–Crippen LogP) is 0.329. The van der Waals surface area contributed by atoms with Gasteiger partial charge in [-0.1, -0.05) is 0 Å². The Morgan fingerprint density at radius 3 is 1.73 bits per heavy atom. The van der Waals surface area contributed by atoms with Crippen LogP contribution < -0.4 is 0 Å². The highest BCUT2D eigenvalue weighted by Gasteiger charge is 2.44. The van der Waals surface area contributed by atoms with E-state index in [4.69, 9.17) is 0 Å². The summed E-state index contributed by atoms with van der Waals surface area (Å²) in [5.41, 5.74) is -5.66. The first-order chi connectivity index (χ1) is 4.67. The normalized spacial score (nSPS) is 16.7. The van der Waals surface area contributed by atoms with Crippen molar-refractivity contribution in [3.8, 4) is 0 Å². The molecule has 0 unspecified atom stereocenters. The van der Waals surface area contributed by atoms with E-state index in [1.165, 1.54) is 3.77 Å². The van der Waals surface area contributed by atoms with E-state index < -0.39 is 26.4 Å². The molecular weight excluding hydrogens is 211 g/mol. The third-order valence-corrected chi connectivity index (χ3v) is 2.31. The van der Waals surface area contributed by atoms with Gasteiger partial charge in [-0.2, -0.15) is 21.6 Å². The van der Waals surface area contributed by atoms with Crippen LogP contribution in [0.15, 0.2) is 3.77 Å². The van der Waals surface area contributed by atoms with Gasteiger partial charge in [0.15, 0.2) is 0 Å². The molecule has 5 nitrogen and oxygen atoms in total. The van der Waals surface area contributed by atoms with Gasteiger partial charge < -0.3 is 8.76 Å². The number of halogens is 3. The highest BCUT2D eigenvalue weighted by molar-refractivity contribution is 7.95. The number of alkyl halides is 3. The fourth-order valence-corrected chi connectivity index (χ4v) is 1.10. The molecule has 0 aromatic rings. The molecule has 0 aliphatic rings. The summed E-state index contributed by atoms with van der Waals surface area (Å²) in [5, 5.41) is 0. The molecule has 0 atom stereocenters. The lowest BCUT2D eigenvalue weighted by atomic mass is 11.6. The van der Waals surface area contributed by atoms with Crippen LogP contribution in [-0.4, -0.2) is 13.9 Å². The first-order valence-corrected chi connectivity index (χ1v) is 4.27. The lowest BCUT2D eigenvalue weighted by Gasteiger charge is -2.03. The maximum Gasteiger partial charge on any atom is 0.516 e. The van der Waals surface area contributed by atoms with Gasteiger partial charge >= 0.3 is 15.5 Å². The van der Waals surface area contributed by atoms with Crippen molar-refractivity contribution in [1.29, 1.82) is 0 Å². The van der Waals surface area contributed by atoms with E-state index in [0.29, 0.717) is 0 Å². The number of hydrogen-bond acceptors (Lipinski definition) is 4. The average Bonchev–Trinajstić information content (AvgIpc) is 1.56. The molecule has 0 heterocycles. The molecule has 0 spiro atoms. The van der Waals surface area contributed by atoms with Gasteiger partial charge in [-0.15, -0.1) is 0 Å². The minimum absolute atomic E-state index is 1.44. The van der Waals surface area contributed by atoms with E-state index in [2.05, 4.69) is 0 Å². The number of sulfonamides is 1. The van der Waals surface area contributed by atoms with Crippen LogP contribution in [0, 0.1) is 0 Å². The van der Waals surface area contributed by atoms with Gasteiger partial charge in [0.05, 0.1) is 0 Å². The van der Waals surface area contributed by atoms with Crippen LogP contribution >= 0.6 is 0 Å². The van der Waals surface area contributed by atoms with Crippen LogP contribution in [-0.2, 0) is 29.7 Å². The molecule has 0 fully saturated rings. The minimum Gasteiger partial charge on any atom is -0.414 e. The molecule has 11 heavy (non-hydrogen) atoms. The molecule has 0 saturated heterocycles. The van der Waals surface area contributed by atoms with Crippen molar-refractivity contribution in [3.63, 3.8) is 0 Å². The fourth-order valence-electron chi connectivity index (χ4n) is 0.122. The van der Waals surface area contributed by atoms with Crippen LogP contribution in [0.25, 0.3) is 0 Å². The molecule has 0 aliphatic carbocycles. The predicted molar refractivity (Wildman–Crippen MR) is 26.1 cm³/mol. The molecule has 0 rings (SSSR count). The summed E-state index contributed by atoms with van der Waals surface area (Å²) < 4.78 is 73.5. The topological polar surface area (TPSA) is 83.5 Å². The Kier molecular flexibility index (Phi) is 2.85.